The van der Waals surface area contributed by atoms with Gasteiger partial charge in [0.05, 0.1) is 6.04 Å². The van der Waals surface area contributed by atoms with E-state index in [4.69, 9.17) is 0 Å². The molecule has 33 heavy (non-hydrogen) atoms. The van der Waals surface area contributed by atoms with E-state index in [2.05, 4.69) is 4.67 Å². The minimum atomic E-state index is -3.19. The molecule has 4 aromatic carbocycles. The van der Waals surface area contributed by atoms with Gasteiger partial charge in [0.1, 0.15) is 5.60 Å². The number of benzene rings is 4. The van der Waals surface area contributed by atoms with Crippen LogP contribution in [0.1, 0.15) is 24.0 Å². The normalized spacial score (nSPS) is 17.2. The maximum atomic E-state index is 15.2. The molecule has 4 aromatic rings. The minimum absolute atomic E-state index is 0.339. The molecular weight excluding hydrogens is 425 g/mol. The van der Waals surface area contributed by atoms with Crippen molar-refractivity contribution in [2.45, 2.75) is 24.5 Å². The fourth-order valence-electron chi connectivity index (χ4n) is 5.15. The first-order valence-electron chi connectivity index (χ1n) is 11.5. The molecule has 0 amide bonds. The van der Waals surface area contributed by atoms with Gasteiger partial charge < -0.3 is 5.11 Å². The largest absolute Gasteiger partial charge is 0.379 e. The number of aliphatic hydroxyl groups is 1. The fraction of sp³-hybridized carbons (Fsp3) is 0.172. The molecule has 4 heteroatoms. The highest BCUT2D eigenvalue weighted by atomic mass is 31.2. The molecular formula is C29H28NO2P. The molecule has 1 saturated heterocycles. The lowest BCUT2D eigenvalue weighted by atomic mass is 9.79. The van der Waals surface area contributed by atoms with Crippen molar-refractivity contribution in [3.63, 3.8) is 0 Å². The molecule has 1 aliphatic heterocycles. The van der Waals surface area contributed by atoms with Crippen LogP contribution >= 0.6 is 7.29 Å². The summed E-state index contributed by atoms with van der Waals surface area (Å²) < 4.78 is 17.2. The summed E-state index contributed by atoms with van der Waals surface area (Å²) in [6, 6.07) is 38.8. The van der Waals surface area contributed by atoms with E-state index < -0.39 is 12.9 Å². The summed E-state index contributed by atoms with van der Waals surface area (Å²) in [4.78, 5) is 0. The molecule has 1 heterocycles. The van der Waals surface area contributed by atoms with Crippen molar-refractivity contribution >= 4 is 17.9 Å². The molecule has 1 fully saturated rings. The summed E-state index contributed by atoms with van der Waals surface area (Å²) in [6.45, 7) is 0.660. The average Bonchev–Trinajstić information content (AvgIpc) is 3.41. The maximum absolute atomic E-state index is 15.2. The van der Waals surface area contributed by atoms with E-state index in [-0.39, 0.29) is 6.04 Å². The van der Waals surface area contributed by atoms with Crippen LogP contribution in [0.2, 0.25) is 0 Å². The van der Waals surface area contributed by atoms with Crippen LogP contribution in [0, 0.1) is 0 Å². The van der Waals surface area contributed by atoms with Gasteiger partial charge in [-0.05, 0) is 48.2 Å². The van der Waals surface area contributed by atoms with Gasteiger partial charge >= 0.3 is 0 Å². The van der Waals surface area contributed by atoms with E-state index in [0.29, 0.717) is 6.54 Å². The zero-order chi connectivity index (χ0) is 22.7. The molecule has 1 atom stereocenters. The second kappa shape index (κ2) is 9.11. The summed E-state index contributed by atoms with van der Waals surface area (Å²) in [5.41, 5.74) is 0.347. The van der Waals surface area contributed by atoms with Gasteiger partial charge in [-0.2, -0.15) is 0 Å². The number of nitrogens with zero attached hydrogens (tertiary/aromatic N) is 1. The third kappa shape index (κ3) is 3.77. The highest BCUT2D eigenvalue weighted by Crippen LogP contribution is 2.55. The second-order valence-corrected chi connectivity index (χ2v) is 11.3. The lowest BCUT2D eigenvalue weighted by molar-refractivity contribution is 0.0205. The van der Waals surface area contributed by atoms with Gasteiger partial charge in [-0.25, -0.2) is 4.67 Å². The Morgan fingerprint density at radius 2 is 1.06 bits per heavy atom. The van der Waals surface area contributed by atoms with E-state index in [1.807, 2.05) is 121 Å². The highest BCUT2D eigenvalue weighted by molar-refractivity contribution is 7.76. The van der Waals surface area contributed by atoms with Crippen LogP contribution in [0.3, 0.4) is 0 Å². The molecule has 1 N–H and O–H groups in total. The zero-order valence-corrected chi connectivity index (χ0v) is 19.4. The third-order valence-corrected chi connectivity index (χ3v) is 9.91. The van der Waals surface area contributed by atoms with E-state index in [0.717, 1.165) is 34.6 Å². The first kappa shape index (κ1) is 21.9. The van der Waals surface area contributed by atoms with Crippen LogP contribution < -0.4 is 10.6 Å². The summed E-state index contributed by atoms with van der Waals surface area (Å²) in [6.07, 6.45) is 1.63. The summed E-state index contributed by atoms with van der Waals surface area (Å²) in [5, 5.41) is 14.1. The van der Waals surface area contributed by atoms with Crippen molar-refractivity contribution in [3.05, 3.63) is 132 Å². The van der Waals surface area contributed by atoms with Gasteiger partial charge in [0.15, 0.2) is 0 Å². The Kier molecular flexibility index (Phi) is 6.03. The van der Waals surface area contributed by atoms with Crippen molar-refractivity contribution in [2.75, 3.05) is 6.54 Å². The maximum Gasteiger partial charge on any atom is 0.207 e. The molecule has 0 aromatic heterocycles. The monoisotopic (exact) mass is 453 g/mol. The van der Waals surface area contributed by atoms with Crippen molar-refractivity contribution < 1.29 is 9.67 Å². The number of rotatable bonds is 6. The Bertz CT molecular complexity index is 1150. The molecule has 0 unspecified atom stereocenters. The third-order valence-electron chi connectivity index (χ3n) is 6.71. The van der Waals surface area contributed by atoms with Crippen molar-refractivity contribution in [2.24, 2.45) is 0 Å². The quantitative estimate of drug-likeness (QED) is 0.402. The van der Waals surface area contributed by atoms with E-state index in [1.165, 1.54) is 0 Å². The predicted molar refractivity (Wildman–Crippen MR) is 135 cm³/mol. The summed E-state index contributed by atoms with van der Waals surface area (Å²) in [5.74, 6) is 0. The SMILES string of the molecule is O=P(c1ccccc1)(c1ccccc1)N1CCC[C@H]1C(O)(c1ccccc1)c1ccccc1. The number of hydrogen-bond donors (Lipinski definition) is 1. The molecule has 1 aliphatic rings. The topological polar surface area (TPSA) is 40.5 Å². The van der Waals surface area contributed by atoms with Gasteiger partial charge in [-0.3, -0.25) is 4.57 Å². The minimum Gasteiger partial charge on any atom is -0.379 e. The molecule has 5 rings (SSSR count). The zero-order valence-electron chi connectivity index (χ0n) is 18.5. The Hall–Kier alpha value is -2.97. The lowest BCUT2D eigenvalue weighted by Crippen LogP contribution is -2.49. The van der Waals surface area contributed by atoms with E-state index in [1.54, 1.807) is 0 Å². The molecule has 0 spiro atoms. The van der Waals surface area contributed by atoms with Crippen LogP contribution in [-0.2, 0) is 10.2 Å². The van der Waals surface area contributed by atoms with E-state index in [9.17, 15) is 5.11 Å². The first-order valence-corrected chi connectivity index (χ1v) is 13.1. The van der Waals surface area contributed by atoms with Crippen LogP contribution in [0.25, 0.3) is 0 Å². The van der Waals surface area contributed by atoms with E-state index >= 15 is 4.57 Å². The lowest BCUT2D eigenvalue weighted by Gasteiger charge is -2.43. The first-order chi connectivity index (χ1) is 16.1. The van der Waals surface area contributed by atoms with Crippen molar-refractivity contribution in [1.29, 1.82) is 0 Å². The van der Waals surface area contributed by atoms with Crippen LogP contribution in [0.4, 0.5) is 0 Å². The smallest absolute Gasteiger partial charge is 0.207 e. The van der Waals surface area contributed by atoms with Crippen molar-refractivity contribution in [1.82, 2.24) is 4.67 Å². The average molecular weight is 454 g/mol. The Morgan fingerprint density at radius 3 is 1.48 bits per heavy atom. The van der Waals surface area contributed by atoms with Crippen LogP contribution in [-0.4, -0.2) is 22.4 Å². The molecule has 3 nitrogen and oxygen atoms in total. The Balaban J connectivity index is 1.71. The van der Waals surface area contributed by atoms with Gasteiger partial charge in [-0.1, -0.05) is 97.1 Å². The highest BCUT2D eigenvalue weighted by Gasteiger charge is 2.51. The molecule has 0 radical (unpaired) electrons. The van der Waals surface area contributed by atoms with Gasteiger partial charge in [0.2, 0.25) is 7.29 Å². The summed E-state index contributed by atoms with van der Waals surface area (Å²) >= 11 is 0. The number of hydrogen-bond acceptors (Lipinski definition) is 2. The molecule has 0 bridgehead atoms. The Morgan fingerprint density at radius 1 is 0.667 bits per heavy atom. The van der Waals surface area contributed by atoms with Gasteiger partial charge in [-0.15, -0.1) is 0 Å². The molecule has 166 valence electrons. The van der Waals surface area contributed by atoms with Crippen molar-refractivity contribution in [3.8, 4) is 0 Å². The second-order valence-electron chi connectivity index (χ2n) is 8.57. The van der Waals surface area contributed by atoms with Gasteiger partial charge in [0.25, 0.3) is 0 Å². The predicted octanol–water partition coefficient (Wildman–Crippen LogP) is 5.32. The van der Waals surface area contributed by atoms with Gasteiger partial charge in [0, 0.05) is 17.2 Å². The standard InChI is InChI=1S/C29H28NO2P/c31-29(24-14-5-1-6-15-24,25-16-7-2-8-17-25)28-22-13-23-30(28)33(32,26-18-9-3-10-19-26)27-20-11-4-12-21-27/h1-12,14-21,28,31H,13,22-23H2/t28-/m0/s1. The fourth-order valence-corrected chi connectivity index (χ4v) is 8.30. The molecule has 0 saturated carbocycles. The Labute approximate surface area is 195 Å². The van der Waals surface area contributed by atoms with Crippen LogP contribution in [0.5, 0.6) is 0 Å². The summed E-state index contributed by atoms with van der Waals surface area (Å²) in [7, 11) is -3.19. The van der Waals surface area contributed by atoms with Crippen LogP contribution in [0.15, 0.2) is 121 Å². The molecule has 0 aliphatic carbocycles.